The van der Waals surface area contributed by atoms with E-state index in [2.05, 4.69) is 25.6 Å². The van der Waals surface area contributed by atoms with Crippen molar-refractivity contribution in [2.24, 2.45) is 0 Å². The van der Waals surface area contributed by atoms with Crippen molar-refractivity contribution in [2.75, 3.05) is 10.6 Å². The number of hydrogen-bond donors (Lipinski definition) is 2. The van der Waals surface area contributed by atoms with Crippen molar-refractivity contribution >= 4 is 45.7 Å². The van der Waals surface area contributed by atoms with E-state index < -0.39 is 0 Å². The third kappa shape index (κ3) is 4.78. The molecule has 0 aliphatic carbocycles. The smallest absolute Gasteiger partial charge is 0.257 e. The van der Waals surface area contributed by atoms with Gasteiger partial charge in [0.2, 0.25) is 0 Å². The van der Waals surface area contributed by atoms with Gasteiger partial charge in [0.25, 0.3) is 11.8 Å². The molecule has 5 rings (SSSR count). The fourth-order valence-corrected chi connectivity index (χ4v) is 4.12. The van der Waals surface area contributed by atoms with Crippen LogP contribution in [0.2, 0.25) is 5.02 Å². The average molecular weight is 494 g/mol. The molecule has 0 fully saturated rings. The third-order valence-corrected chi connectivity index (χ3v) is 6.02. The quantitative estimate of drug-likeness (QED) is 0.305. The maximum Gasteiger partial charge on any atom is 0.257 e. The Morgan fingerprint density at radius 2 is 1.58 bits per heavy atom. The number of anilines is 2. The van der Waals surface area contributed by atoms with Gasteiger partial charge >= 0.3 is 0 Å². The van der Waals surface area contributed by atoms with Crippen LogP contribution in [0, 0.1) is 6.92 Å². The monoisotopic (exact) mass is 493 g/mol. The summed E-state index contributed by atoms with van der Waals surface area (Å²) in [4.78, 5) is 38.3. The van der Waals surface area contributed by atoms with E-state index in [9.17, 15) is 9.59 Å². The predicted octanol–water partition coefficient (Wildman–Crippen LogP) is 6.16. The van der Waals surface area contributed by atoms with Gasteiger partial charge in [0, 0.05) is 40.3 Å². The van der Waals surface area contributed by atoms with Crippen LogP contribution in [-0.4, -0.2) is 26.8 Å². The largest absolute Gasteiger partial charge is 0.322 e. The summed E-state index contributed by atoms with van der Waals surface area (Å²) in [5, 5.41) is 6.76. The van der Waals surface area contributed by atoms with E-state index in [-0.39, 0.29) is 22.4 Å². The summed E-state index contributed by atoms with van der Waals surface area (Å²) in [5.41, 5.74) is 5.33. The Balaban J connectivity index is 1.38. The van der Waals surface area contributed by atoms with Crippen LogP contribution >= 0.6 is 11.6 Å². The van der Waals surface area contributed by atoms with Crippen molar-refractivity contribution in [2.45, 2.75) is 6.92 Å². The van der Waals surface area contributed by atoms with Gasteiger partial charge in [0.1, 0.15) is 6.33 Å². The highest BCUT2D eigenvalue weighted by Crippen LogP contribution is 2.30. The number of nitrogens with one attached hydrogen (secondary N) is 2. The maximum atomic E-state index is 13.0. The highest BCUT2D eigenvalue weighted by molar-refractivity contribution is 6.35. The minimum Gasteiger partial charge on any atom is -0.322 e. The van der Waals surface area contributed by atoms with Crippen molar-refractivity contribution in [3.8, 4) is 11.3 Å². The summed E-state index contributed by atoms with van der Waals surface area (Å²) < 4.78 is 0. The highest BCUT2D eigenvalue weighted by Gasteiger charge is 2.16. The van der Waals surface area contributed by atoms with Gasteiger partial charge in [-0.15, -0.1) is 0 Å². The SMILES string of the molecule is Cc1ccc(NC(=O)c2ccc(C(=O)Nc3ccncc3)cc2Cl)cc1-c1ncnc2ccccc12. The Bertz CT molecular complexity index is 1600. The summed E-state index contributed by atoms with van der Waals surface area (Å²) in [5.74, 6) is -0.723. The molecule has 2 amide bonds. The molecule has 7 nitrogen and oxygen atoms in total. The molecule has 2 aromatic heterocycles. The van der Waals surface area contributed by atoms with E-state index in [0.717, 1.165) is 27.7 Å². The summed E-state index contributed by atoms with van der Waals surface area (Å²) in [6.45, 7) is 1.99. The van der Waals surface area contributed by atoms with Gasteiger partial charge in [-0.05, 0) is 61.0 Å². The molecule has 8 heteroatoms. The van der Waals surface area contributed by atoms with Crippen LogP contribution in [0.3, 0.4) is 0 Å². The lowest BCUT2D eigenvalue weighted by atomic mass is 10.0. The molecule has 0 radical (unpaired) electrons. The molecule has 2 heterocycles. The molecule has 0 saturated carbocycles. The normalized spacial score (nSPS) is 10.7. The number of para-hydroxylation sites is 1. The summed E-state index contributed by atoms with van der Waals surface area (Å²) >= 11 is 6.39. The summed E-state index contributed by atoms with van der Waals surface area (Å²) in [7, 11) is 0. The van der Waals surface area contributed by atoms with Crippen molar-refractivity contribution in [1.29, 1.82) is 0 Å². The van der Waals surface area contributed by atoms with Crippen LogP contribution in [-0.2, 0) is 0 Å². The summed E-state index contributed by atoms with van der Waals surface area (Å²) in [6, 6.07) is 21.3. The second kappa shape index (κ2) is 9.93. The van der Waals surface area contributed by atoms with E-state index in [1.165, 1.54) is 18.5 Å². The van der Waals surface area contributed by atoms with E-state index in [4.69, 9.17) is 11.6 Å². The van der Waals surface area contributed by atoms with Gasteiger partial charge in [-0.1, -0.05) is 35.9 Å². The fourth-order valence-electron chi connectivity index (χ4n) is 3.85. The van der Waals surface area contributed by atoms with Crippen LogP contribution in [0.1, 0.15) is 26.3 Å². The molecule has 0 unspecified atom stereocenters. The molecule has 5 aromatic rings. The van der Waals surface area contributed by atoms with Crippen LogP contribution in [0.5, 0.6) is 0 Å². The number of rotatable bonds is 5. The van der Waals surface area contributed by atoms with Gasteiger partial charge in [0.15, 0.2) is 0 Å². The maximum absolute atomic E-state index is 13.0. The van der Waals surface area contributed by atoms with E-state index in [1.807, 2.05) is 49.4 Å². The first-order valence-corrected chi connectivity index (χ1v) is 11.5. The number of carbonyl (C=O) groups excluding carboxylic acids is 2. The molecule has 0 bridgehead atoms. The molecule has 0 atom stereocenters. The van der Waals surface area contributed by atoms with Gasteiger partial charge < -0.3 is 10.6 Å². The zero-order valence-corrected chi connectivity index (χ0v) is 20.0. The molecule has 0 spiro atoms. The van der Waals surface area contributed by atoms with Gasteiger partial charge in [-0.3, -0.25) is 14.6 Å². The molecular formula is C28H20ClN5O2. The molecule has 0 aliphatic rings. The topological polar surface area (TPSA) is 96.9 Å². The van der Waals surface area contributed by atoms with E-state index >= 15 is 0 Å². The number of nitrogens with zero attached hydrogens (tertiary/aromatic N) is 3. The summed E-state index contributed by atoms with van der Waals surface area (Å²) in [6.07, 6.45) is 4.70. The Kier molecular flexibility index (Phi) is 6.38. The first kappa shape index (κ1) is 23.1. The standard InChI is InChI=1S/C28H20ClN5O2/c1-17-6-8-20(15-23(17)26-22-4-2-3-5-25(22)31-16-32-26)34-28(36)21-9-7-18(14-24(21)29)27(35)33-19-10-12-30-13-11-19/h2-16H,1H3,(H,34,36)(H,30,33,35). The zero-order valence-electron chi connectivity index (χ0n) is 19.2. The van der Waals surface area contributed by atoms with Crippen LogP contribution in [0.15, 0.2) is 91.5 Å². The van der Waals surface area contributed by atoms with Crippen LogP contribution in [0.4, 0.5) is 11.4 Å². The highest BCUT2D eigenvalue weighted by atomic mass is 35.5. The lowest BCUT2D eigenvalue weighted by Crippen LogP contribution is -2.15. The first-order chi connectivity index (χ1) is 17.5. The molecular weight excluding hydrogens is 474 g/mol. The molecule has 3 aromatic carbocycles. The van der Waals surface area contributed by atoms with Gasteiger partial charge in [-0.2, -0.15) is 0 Å². The lowest BCUT2D eigenvalue weighted by molar-refractivity contribution is 0.101. The Hall–Kier alpha value is -4.62. The predicted molar refractivity (Wildman–Crippen MR) is 141 cm³/mol. The molecule has 0 saturated heterocycles. The minimum atomic E-state index is -0.386. The van der Waals surface area contributed by atoms with E-state index in [0.29, 0.717) is 16.9 Å². The number of benzene rings is 3. The number of aryl methyl sites for hydroxylation is 1. The second-order valence-electron chi connectivity index (χ2n) is 8.11. The first-order valence-electron chi connectivity index (χ1n) is 11.1. The van der Waals surface area contributed by atoms with Crippen LogP contribution < -0.4 is 10.6 Å². The molecule has 36 heavy (non-hydrogen) atoms. The van der Waals surface area contributed by atoms with Crippen molar-refractivity contribution in [1.82, 2.24) is 15.0 Å². The zero-order chi connectivity index (χ0) is 25.1. The number of hydrogen-bond acceptors (Lipinski definition) is 5. The minimum absolute atomic E-state index is 0.170. The lowest BCUT2D eigenvalue weighted by Gasteiger charge is -2.12. The Morgan fingerprint density at radius 1 is 0.806 bits per heavy atom. The molecule has 176 valence electrons. The molecule has 2 N–H and O–H groups in total. The Labute approximate surface area is 212 Å². The second-order valence-corrected chi connectivity index (χ2v) is 8.52. The van der Waals surface area contributed by atoms with Gasteiger partial charge in [-0.25, -0.2) is 9.97 Å². The number of carbonyl (C=O) groups is 2. The molecule has 0 aliphatic heterocycles. The number of pyridine rings is 1. The number of fused-ring (bicyclic) bond motifs is 1. The van der Waals surface area contributed by atoms with Crippen molar-refractivity contribution < 1.29 is 9.59 Å². The van der Waals surface area contributed by atoms with Crippen molar-refractivity contribution in [3.63, 3.8) is 0 Å². The number of amides is 2. The van der Waals surface area contributed by atoms with Crippen LogP contribution in [0.25, 0.3) is 22.2 Å². The van der Waals surface area contributed by atoms with Crippen molar-refractivity contribution in [3.05, 3.63) is 113 Å². The van der Waals surface area contributed by atoms with Gasteiger partial charge in [0.05, 0.1) is 21.8 Å². The number of aromatic nitrogens is 3. The third-order valence-electron chi connectivity index (χ3n) is 5.71. The van der Waals surface area contributed by atoms with E-state index in [1.54, 1.807) is 30.6 Å². The number of halogens is 1. The fraction of sp³-hybridized carbons (Fsp3) is 0.0357. The Morgan fingerprint density at radius 3 is 2.39 bits per heavy atom. The average Bonchev–Trinajstić information content (AvgIpc) is 2.90.